The fourth-order valence-corrected chi connectivity index (χ4v) is 2.87. The van der Waals surface area contributed by atoms with E-state index in [1.807, 2.05) is 4.68 Å². The lowest BCUT2D eigenvalue weighted by Crippen LogP contribution is -2.19. The fraction of sp³-hybridized carbons (Fsp3) is 0.400. The first-order chi connectivity index (χ1) is 9.20. The summed E-state index contributed by atoms with van der Waals surface area (Å²) in [7, 11) is 0. The number of rotatable bonds is 2. The number of benzene rings is 1. The second kappa shape index (κ2) is 4.78. The van der Waals surface area contributed by atoms with E-state index in [1.54, 1.807) is 12.1 Å². The van der Waals surface area contributed by atoms with E-state index in [1.165, 1.54) is 23.4 Å². The largest absolute Gasteiger partial charge is 0.324 e. The molecule has 4 heteroatoms. The number of aryl methyl sites for hydroxylation is 1. The molecule has 1 aliphatic rings. The van der Waals surface area contributed by atoms with Crippen LogP contribution in [0, 0.1) is 5.82 Å². The molecule has 0 radical (unpaired) electrons. The van der Waals surface area contributed by atoms with Gasteiger partial charge in [0.05, 0.1) is 11.4 Å². The van der Waals surface area contributed by atoms with Crippen molar-refractivity contribution in [2.45, 2.75) is 38.6 Å². The van der Waals surface area contributed by atoms with E-state index in [4.69, 9.17) is 5.73 Å². The molecule has 1 aliphatic carbocycles. The molecular weight excluding hydrogens is 241 g/mol. The first-order valence-corrected chi connectivity index (χ1v) is 6.83. The number of fused-ring (bicyclic) bond motifs is 1. The minimum Gasteiger partial charge on any atom is -0.324 e. The monoisotopic (exact) mass is 259 g/mol. The Morgan fingerprint density at radius 3 is 2.79 bits per heavy atom. The maximum absolute atomic E-state index is 13.0. The molecule has 1 aromatic carbocycles. The van der Waals surface area contributed by atoms with Crippen molar-refractivity contribution < 1.29 is 4.39 Å². The zero-order chi connectivity index (χ0) is 13.4. The number of hydrogen-bond donors (Lipinski definition) is 1. The first-order valence-electron chi connectivity index (χ1n) is 6.83. The Labute approximate surface area is 112 Å². The third kappa shape index (κ3) is 2.06. The Balaban J connectivity index is 2.14. The quantitative estimate of drug-likeness (QED) is 0.901. The van der Waals surface area contributed by atoms with Gasteiger partial charge in [0, 0.05) is 17.3 Å². The predicted molar refractivity (Wildman–Crippen MR) is 72.8 cm³/mol. The molecule has 0 amide bonds. The van der Waals surface area contributed by atoms with E-state index in [0.29, 0.717) is 0 Å². The molecule has 0 fully saturated rings. The summed E-state index contributed by atoms with van der Waals surface area (Å²) in [6.45, 7) is 2.10. The number of hydrogen-bond acceptors (Lipinski definition) is 2. The first kappa shape index (κ1) is 12.4. The summed E-state index contributed by atoms with van der Waals surface area (Å²) >= 11 is 0. The van der Waals surface area contributed by atoms with Gasteiger partial charge in [-0.1, -0.05) is 6.92 Å². The van der Waals surface area contributed by atoms with Crippen molar-refractivity contribution in [1.82, 2.24) is 9.78 Å². The van der Waals surface area contributed by atoms with Gasteiger partial charge in [-0.25, -0.2) is 9.07 Å². The van der Waals surface area contributed by atoms with Crippen LogP contribution in [0.1, 0.15) is 42.8 Å². The minimum absolute atomic E-state index is 0.0906. The summed E-state index contributed by atoms with van der Waals surface area (Å²) in [5, 5.41) is 4.67. The highest BCUT2D eigenvalue weighted by Gasteiger charge is 2.25. The lowest BCUT2D eigenvalue weighted by molar-refractivity contribution is 0.555. The van der Waals surface area contributed by atoms with E-state index in [0.717, 1.165) is 37.1 Å². The molecule has 0 bridgehead atoms. The number of aromatic nitrogens is 2. The Bertz CT molecular complexity index is 586. The van der Waals surface area contributed by atoms with Gasteiger partial charge in [0.2, 0.25) is 0 Å². The van der Waals surface area contributed by atoms with Gasteiger partial charge < -0.3 is 5.73 Å². The minimum atomic E-state index is -0.225. The average Bonchev–Trinajstić information content (AvgIpc) is 2.80. The Morgan fingerprint density at radius 2 is 2.11 bits per heavy atom. The molecule has 1 atom stereocenters. The van der Waals surface area contributed by atoms with Crippen LogP contribution in [0.3, 0.4) is 0 Å². The smallest absolute Gasteiger partial charge is 0.123 e. The highest BCUT2D eigenvalue weighted by Crippen LogP contribution is 2.32. The standard InChI is InChI=1S/C15H18FN3/c1-2-13-15-12(17)4-3-5-14(15)19(18-13)11-8-6-10(16)7-9-11/h6-9,12H,2-5,17H2,1H3. The van der Waals surface area contributed by atoms with Gasteiger partial charge in [0.25, 0.3) is 0 Å². The fourth-order valence-electron chi connectivity index (χ4n) is 2.87. The van der Waals surface area contributed by atoms with Crippen molar-refractivity contribution >= 4 is 0 Å². The topological polar surface area (TPSA) is 43.8 Å². The number of halogens is 1. The van der Waals surface area contributed by atoms with Crippen LogP contribution in [-0.2, 0) is 12.8 Å². The summed E-state index contributed by atoms with van der Waals surface area (Å²) in [6, 6.07) is 6.56. The Morgan fingerprint density at radius 1 is 1.37 bits per heavy atom. The maximum atomic E-state index is 13.0. The highest BCUT2D eigenvalue weighted by molar-refractivity contribution is 5.40. The normalized spacial score (nSPS) is 18.4. The lowest BCUT2D eigenvalue weighted by Gasteiger charge is -2.20. The van der Waals surface area contributed by atoms with Crippen LogP contribution in [0.15, 0.2) is 24.3 Å². The Kier molecular flexibility index (Phi) is 3.11. The summed E-state index contributed by atoms with van der Waals surface area (Å²) in [5.74, 6) is -0.225. The zero-order valence-corrected chi connectivity index (χ0v) is 11.1. The van der Waals surface area contributed by atoms with Gasteiger partial charge in [0.1, 0.15) is 5.82 Å². The second-order valence-corrected chi connectivity index (χ2v) is 5.05. The summed E-state index contributed by atoms with van der Waals surface area (Å²) in [4.78, 5) is 0. The van der Waals surface area contributed by atoms with Crippen LogP contribution in [0.4, 0.5) is 4.39 Å². The summed E-state index contributed by atoms with van der Waals surface area (Å²) in [5.41, 5.74) is 10.6. The molecule has 2 N–H and O–H groups in total. The summed E-state index contributed by atoms with van der Waals surface area (Å²) in [6.07, 6.45) is 3.98. The van der Waals surface area contributed by atoms with Crippen LogP contribution in [0.5, 0.6) is 0 Å². The van der Waals surface area contributed by atoms with Crippen molar-refractivity contribution in [2.24, 2.45) is 5.73 Å². The highest BCUT2D eigenvalue weighted by atomic mass is 19.1. The third-order valence-electron chi connectivity index (χ3n) is 3.80. The number of nitrogens with two attached hydrogens (primary N) is 1. The van der Waals surface area contributed by atoms with Crippen LogP contribution in [0.25, 0.3) is 5.69 Å². The van der Waals surface area contributed by atoms with E-state index < -0.39 is 0 Å². The molecule has 1 aromatic heterocycles. The predicted octanol–water partition coefficient (Wildman–Crippen LogP) is 2.91. The van der Waals surface area contributed by atoms with Crippen molar-refractivity contribution in [3.05, 3.63) is 47.0 Å². The van der Waals surface area contributed by atoms with Crippen LogP contribution >= 0.6 is 0 Å². The van der Waals surface area contributed by atoms with Crippen molar-refractivity contribution in [2.75, 3.05) is 0 Å². The molecule has 100 valence electrons. The van der Waals surface area contributed by atoms with Crippen molar-refractivity contribution in [3.8, 4) is 5.69 Å². The van der Waals surface area contributed by atoms with Crippen LogP contribution in [0.2, 0.25) is 0 Å². The number of nitrogens with zero attached hydrogens (tertiary/aromatic N) is 2. The molecular formula is C15H18FN3. The van der Waals surface area contributed by atoms with Gasteiger partial charge in [0.15, 0.2) is 0 Å². The van der Waals surface area contributed by atoms with Gasteiger partial charge in [-0.2, -0.15) is 5.10 Å². The lowest BCUT2D eigenvalue weighted by atomic mass is 9.91. The average molecular weight is 259 g/mol. The molecule has 0 saturated heterocycles. The van der Waals surface area contributed by atoms with Crippen molar-refractivity contribution in [3.63, 3.8) is 0 Å². The molecule has 0 saturated carbocycles. The van der Waals surface area contributed by atoms with Crippen LogP contribution in [-0.4, -0.2) is 9.78 Å². The third-order valence-corrected chi connectivity index (χ3v) is 3.80. The molecule has 3 rings (SSSR count). The molecule has 0 aliphatic heterocycles. The molecule has 3 nitrogen and oxygen atoms in total. The molecule has 2 aromatic rings. The van der Waals surface area contributed by atoms with E-state index >= 15 is 0 Å². The van der Waals surface area contributed by atoms with Crippen molar-refractivity contribution in [1.29, 1.82) is 0 Å². The maximum Gasteiger partial charge on any atom is 0.123 e. The molecule has 19 heavy (non-hydrogen) atoms. The van der Waals surface area contributed by atoms with E-state index in [-0.39, 0.29) is 11.9 Å². The molecule has 0 spiro atoms. The van der Waals surface area contributed by atoms with Gasteiger partial charge in [-0.05, 0) is 49.9 Å². The Hall–Kier alpha value is -1.68. The SMILES string of the molecule is CCc1nn(-c2ccc(F)cc2)c2c1C(N)CCC2. The molecule has 1 heterocycles. The second-order valence-electron chi connectivity index (χ2n) is 5.05. The van der Waals surface area contributed by atoms with Crippen LogP contribution < -0.4 is 5.73 Å². The van der Waals surface area contributed by atoms with Gasteiger partial charge in [-0.3, -0.25) is 0 Å². The zero-order valence-electron chi connectivity index (χ0n) is 11.1. The summed E-state index contributed by atoms with van der Waals surface area (Å²) < 4.78 is 15.0. The van der Waals surface area contributed by atoms with E-state index in [2.05, 4.69) is 12.0 Å². The molecule has 1 unspecified atom stereocenters. The van der Waals surface area contributed by atoms with E-state index in [9.17, 15) is 4.39 Å². The van der Waals surface area contributed by atoms with Gasteiger partial charge >= 0.3 is 0 Å². The van der Waals surface area contributed by atoms with Gasteiger partial charge in [-0.15, -0.1) is 0 Å².